The van der Waals surface area contributed by atoms with Gasteiger partial charge in [-0.2, -0.15) is 8.78 Å². The van der Waals surface area contributed by atoms with Crippen molar-refractivity contribution in [3.05, 3.63) is 34.9 Å². The van der Waals surface area contributed by atoms with Gasteiger partial charge < -0.3 is 0 Å². The first-order valence-corrected chi connectivity index (χ1v) is 5.55. The molecule has 0 N–H and O–H groups in total. The average molecular weight is 245 g/mol. The maximum atomic E-state index is 13.5. The van der Waals surface area contributed by atoms with Crippen molar-refractivity contribution in [1.82, 2.24) is 0 Å². The second-order valence-electron chi connectivity index (χ2n) is 4.19. The topological polar surface area (TPSA) is 17.1 Å². The van der Waals surface area contributed by atoms with Crippen molar-refractivity contribution in [2.24, 2.45) is 5.92 Å². The fourth-order valence-corrected chi connectivity index (χ4v) is 1.81. The first-order valence-electron chi connectivity index (χ1n) is 5.17. The number of carbonyl (C=O) groups excluding carboxylic acids is 1. The standard InChI is InChI=1S/C12H11ClF2O/c13-10-3-1-2-9(6-10)11(16)12(14,15)7-8-4-5-8/h1-3,6,8H,4-5,7H2. The third-order valence-electron chi connectivity index (χ3n) is 2.66. The maximum absolute atomic E-state index is 13.5. The molecule has 0 spiro atoms. The molecule has 1 nitrogen and oxygen atoms in total. The molecule has 0 aromatic heterocycles. The van der Waals surface area contributed by atoms with Gasteiger partial charge in [0.2, 0.25) is 5.78 Å². The van der Waals surface area contributed by atoms with E-state index in [9.17, 15) is 13.6 Å². The van der Waals surface area contributed by atoms with E-state index in [0.29, 0.717) is 5.02 Å². The first kappa shape index (κ1) is 11.5. The van der Waals surface area contributed by atoms with Crippen LogP contribution in [0.2, 0.25) is 5.02 Å². The summed E-state index contributed by atoms with van der Waals surface area (Å²) in [5.74, 6) is -4.37. The van der Waals surface area contributed by atoms with Gasteiger partial charge in [0.15, 0.2) is 0 Å². The molecule has 4 heteroatoms. The summed E-state index contributed by atoms with van der Waals surface area (Å²) in [5, 5.41) is 0.299. The molecule has 1 aromatic rings. The number of alkyl halides is 2. The third kappa shape index (κ3) is 2.59. The largest absolute Gasteiger partial charge is 0.310 e. The van der Waals surface area contributed by atoms with Crippen molar-refractivity contribution in [2.75, 3.05) is 0 Å². The summed E-state index contributed by atoms with van der Waals surface area (Å²) in [6.45, 7) is 0. The number of carbonyl (C=O) groups is 1. The number of Topliss-reactive ketones (excluding diaryl/α,β-unsaturated/α-hetero) is 1. The Morgan fingerprint density at radius 3 is 2.69 bits per heavy atom. The highest BCUT2D eigenvalue weighted by molar-refractivity contribution is 6.31. The van der Waals surface area contributed by atoms with E-state index in [4.69, 9.17) is 11.6 Å². The molecule has 0 atom stereocenters. The monoisotopic (exact) mass is 244 g/mol. The van der Waals surface area contributed by atoms with Crippen molar-refractivity contribution in [2.45, 2.75) is 25.2 Å². The molecule has 16 heavy (non-hydrogen) atoms. The van der Waals surface area contributed by atoms with E-state index in [2.05, 4.69) is 0 Å². The van der Waals surface area contributed by atoms with Gasteiger partial charge in [-0.3, -0.25) is 4.79 Å². The number of hydrogen-bond acceptors (Lipinski definition) is 1. The Labute approximate surface area is 97.4 Å². The minimum atomic E-state index is -3.26. The smallest absolute Gasteiger partial charge is 0.287 e. The quantitative estimate of drug-likeness (QED) is 0.733. The minimum Gasteiger partial charge on any atom is -0.287 e. The lowest BCUT2D eigenvalue weighted by Crippen LogP contribution is -2.29. The van der Waals surface area contributed by atoms with Crippen LogP contribution in [0.15, 0.2) is 24.3 Å². The predicted octanol–water partition coefficient (Wildman–Crippen LogP) is 3.96. The van der Waals surface area contributed by atoms with E-state index in [-0.39, 0.29) is 17.9 Å². The molecule has 0 amide bonds. The van der Waals surface area contributed by atoms with E-state index in [1.807, 2.05) is 0 Å². The summed E-state index contributed by atoms with van der Waals surface area (Å²) in [7, 11) is 0. The summed E-state index contributed by atoms with van der Waals surface area (Å²) in [6, 6.07) is 5.71. The Morgan fingerprint density at radius 1 is 1.44 bits per heavy atom. The molecular formula is C12H11ClF2O. The maximum Gasteiger partial charge on any atom is 0.310 e. The van der Waals surface area contributed by atoms with Gasteiger partial charge >= 0.3 is 5.92 Å². The Bertz CT molecular complexity index is 413. The zero-order chi connectivity index (χ0) is 11.8. The van der Waals surface area contributed by atoms with Crippen molar-refractivity contribution >= 4 is 17.4 Å². The molecule has 1 aliphatic carbocycles. The van der Waals surface area contributed by atoms with Crippen molar-refractivity contribution in [1.29, 1.82) is 0 Å². The van der Waals surface area contributed by atoms with E-state index in [1.54, 1.807) is 6.07 Å². The SMILES string of the molecule is O=C(c1cccc(Cl)c1)C(F)(F)CC1CC1. The zero-order valence-electron chi connectivity index (χ0n) is 8.55. The lowest BCUT2D eigenvalue weighted by Gasteiger charge is -2.14. The summed E-state index contributed by atoms with van der Waals surface area (Å²) >= 11 is 5.66. The number of halogens is 3. The number of benzene rings is 1. The molecule has 1 aromatic carbocycles. The van der Waals surface area contributed by atoms with Crippen molar-refractivity contribution < 1.29 is 13.6 Å². The first-order chi connectivity index (χ1) is 7.49. The van der Waals surface area contributed by atoms with Crippen LogP contribution < -0.4 is 0 Å². The normalized spacial score (nSPS) is 16.2. The zero-order valence-corrected chi connectivity index (χ0v) is 9.31. The van der Waals surface area contributed by atoms with Crippen LogP contribution in [-0.2, 0) is 0 Å². The van der Waals surface area contributed by atoms with Gasteiger partial charge in [-0.15, -0.1) is 0 Å². The lowest BCUT2D eigenvalue weighted by atomic mass is 10.0. The fourth-order valence-electron chi connectivity index (χ4n) is 1.62. The highest BCUT2D eigenvalue weighted by Crippen LogP contribution is 2.40. The number of hydrogen-bond donors (Lipinski definition) is 0. The van der Waals surface area contributed by atoms with Crippen LogP contribution in [0.25, 0.3) is 0 Å². The molecule has 86 valence electrons. The van der Waals surface area contributed by atoms with Gasteiger partial charge in [0.1, 0.15) is 0 Å². The molecule has 0 unspecified atom stereocenters. The Kier molecular flexibility index (Phi) is 2.98. The van der Waals surface area contributed by atoms with Gasteiger partial charge in [-0.1, -0.05) is 23.7 Å². The van der Waals surface area contributed by atoms with Crippen LogP contribution >= 0.6 is 11.6 Å². The van der Waals surface area contributed by atoms with Crippen molar-refractivity contribution in [3.63, 3.8) is 0 Å². The van der Waals surface area contributed by atoms with Gasteiger partial charge in [0, 0.05) is 17.0 Å². The van der Waals surface area contributed by atoms with Gasteiger partial charge in [0.05, 0.1) is 0 Å². The second kappa shape index (κ2) is 4.13. The van der Waals surface area contributed by atoms with Crippen LogP contribution in [0.1, 0.15) is 29.6 Å². The van der Waals surface area contributed by atoms with E-state index in [0.717, 1.165) is 12.8 Å². The Morgan fingerprint density at radius 2 is 2.12 bits per heavy atom. The second-order valence-corrected chi connectivity index (χ2v) is 4.63. The van der Waals surface area contributed by atoms with Gasteiger partial charge in [0.25, 0.3) is 0 Å². The van der Waals surface area contributed by atoms with E-state index >= 15 is 0 Å². The van der Waals surface area contributed by atoms with Crippen molar-refractivity contribution in [3.8, 4) is 0 Å². The molecule has 1 aliphatic rings. The van der Waals surface area contributed by atoms with E-state index in [1.165, 1.54) is 18.2 Å². The molecule has 0 heterocycles. The highest BCUT2D eigenvalue weighted by atomic mass is 35.5. The van der Waals surface area contributed by atoms with E-state index < -0.39 is 11.7 Å². The van der Waals surface area contributed by atoms with Crippen LogP contribution in [0.5, 0.6) is 0 Å². The summed E-state index contributed by atoms with van der Waals surface area (Å²) in [5.41, 5.74) is -0.0156. The van der Waals surface area contributed by atoms with Crippen LogP contribution in [0.3, 0.4) is 0 Å². The molecule has 2 rings (SSSR count). The predicted molar refractivity (Wildman–Crippen MR) is 58.1 cm³/mol. The van der Waals surface area contributed by atoms with Gasteiger partial charge in [-0.05, 0) is 30.9 Å². The molecule has 0 aliphatic heterocycles. The third-order valence-corrected chi connectivity index (χ3v) is 2.90. The molecule has 0 saturated heterocycles. The molecule has 0 bridgehead atoms. The molecule has 1 fully saturated rings. The highest BCUT2D eigenvalue weighted by Gasteiger charge is 2.43. The van der Waals surface area contributed by atoms with Crippen LogP contribution in [-0.4, -0.2) is 11.7 Å². The Balaban J connectivity index is 2.16. The summed E-state index contributed by atoms with van der Waals surface area (Å²) in [6.07, 6.45) is 1.27. The summed E-state index contributed by atoms with van der Waals surface area (Å²) < 4.78 is 27.1. The lowest BCUT2D eigenvalue weighted by molar-refractivity contribution is 0.00144. The molecule has 1 saturated carbocycles. The average Bonchev–Trinajstić information content (AvgIpc) is 3.00. The number of rotatable bonds is 4. The minimum absolute atomic E-state index is 0.0122. The fraction of sp³-hybridized carbons (Fsp3) is 0.417. The summed E-state index contributed by atoms with van der Waals surface area (Å²) in [4.78, 5) is 11.6. The molecule has 0 radical (unpaired) electrons. The van der Waals surface area contributed by atoms with Gasteiger partial charge in [-0.25, -0.2) is 0 Å². The van der Waals surface area contributed by atoms with Crippen LogP contribution in [0, 0.1) is 5.92 Å². The molecular weight excluding hydrogens is 234 g/mol. The van der Waals surface area contributed by atoms with Crippen LogP contribution in [0.4, 0.5) is 8.78 Å². The Hall–Kier alpha value is -0.960. The number of ketones is 1.